The van der Waals surface area contributed by atoms with Crippen LogP contribution in [0, 0.1) is 6.92 Å². The number of rotatable bonds is 6. The van der Waals surface area contributed by atoms with Gasteiger partial charge in [-0.05, 0) is 48.9 Å². The van der Waals surface area contributed by atoms with Gasteiger partial charge in [0, 0.05) is 36.4 Å². The lowest BCUT2D eigenvalue weighted by molar-refractivity contribution is 0.0953. The monoisotopic (exact) mass is 429 g/mol. The number of hydrogen-bond donors (Lipinski definition) is 2. The summed E-state index contributed by atoms with van der Waals surface area (Å²) in [5, 5.41) is 6.49. The van der Waals surface area contributed by atoms with Gasteiger partial charge in [-0.15, -0.1) is 11.3 Å². The summed E-state index contributed by atoms with van der Waals surface area (Å²) in [7, 11) is 0. The van der Waals surface area contributed by atoms with E-state index in [1.54, 1.807) is 36.8 Å². The number of aryl methyl sites for hydroxylation is 1. The van der Waals surface area contributed by atoms with Crippen molar-refractivity contribution in [3.63, 3.8) is 0 Å². The molecule has 154 valence electrons. The topological polar surface area (TPSA) is 96.9 Å². The van der Waals surface area contributed by atoms with E-state index < -0.39 is 0 Å². The summed E-state index contributed by atoms with van der Waals surface area (Å²) in [6.07, 6.45) is 4.84. The first-order valence-electron chi connectivity index (χ1n) is 9.57. The molecule has 2 N–H and O–H groups in total. The number of carbonyl (C=O) groups is 2. The maximum absolute atomic E-state index is 12.7. The van der Waals surface area contributed by atoms with E-state index in [0.717, 1.165) is 11.3 Å². The third kappa shape index (κ3) is 4.99. The Labute approximate surface area is 183 Å². The second kappa shape index (κ2) is 9.27. The second-order valence-electron chi connectivity index (χ2n) is 6.72. The fourth-order valence-electron chi connectivity index (χ4n) is 2.93. The number of pyridine rings is 2. The van der Waals surface area contributed by atoms with E-state index in [1.807, 2.05) is 43.3 Å². The number of aromatic nitrogens is 3. The average Bonchev–Trinajstić information content (AvgIpc) is 3.20. The molecule has 4 rings (SSSR count). The Morgan fingerprint density at radius 3 is 2.58 bits per heavy atom. The lowest BCUT2D eigenvalue weighted by atomic mass is 10.2. The first-order valence-corrected chi connectivity index (χ1v) is 10.4. The highest BCUT2D eigenvalue weighted by Gasteiger charge is 2.16. The van der Waals surface area contributed by atoms with Crippen molar-refractivity contribution < 1.29 is 9.59 Å². The number of thiazole rings is 1. The largest absolute Gasteiger partial charge is 0.347 e. The number of benzene rings is 1. The second-order valence-corrected chi connectivity index (χ2v) is 7.72. The Balaban J connectivity index is 1.40. The van der Waals surface area contributed by atoms with E-state index in [2.05, 4.69) is 25.6 Å². The van der Waals surface area contributed by atoms with Gasteiger partial charge in [-0.25, -0.2) is 4.98 Å². The van der Waals surface area contributed by atoms with Gasteiger partial charge in [0.15, 0.2) is 0 Å². The van der Waals surface area contributed by atoms with Crippen LogP contribution in [0.2, 0.25) is 0 Å². The molecule has 0 saturated heterocycles. The predicted molar refractivity (Wildman–Crippen MR) is 120 cm³/mol. The maximum atomic E-state index is 12.7. The van der Waals surface area contributed by atoms with Gasteiger partial charge in [0.2, 0.25) is 0 Å². The highest BCUT2D eigenvalue weighted by molar-refractivity contribution is 7.17. The normalized spacial score (nSPS) is 10.5. The van der Waals surface area contributed by atoms with Gasteiger partial charge in [-0.3, -0.25) is 19.6 Å². The fourth-order valence-corrected chi connectivity index (χ4v) is 3.89. The molecular formula is C23H19N5O2S. The Morgan fingerprint density at radius 1 is 0.968 bits per heavy atom. The smallest absolute Gasteiger partial charge is 0.263 e. The molecule has 0 bridgehead atoms. The quantitative estimate of drug-likeness (QED) is 0.481. The third-order valence-electron chi connectivity index (χ3n) is 4.47. The molecule has 0 spiro atoms. The Morgan fingerprint density at radius 2 is 1.81 bits per heavy atom. The Hall–Kier alpha value is -3.91. The number of nitrogens with one attached hydrogen (secondary N) is 2. The standard InChI is InChI=1S/C23H19N5O2S/c1-15-20(31-23(27-15)19-7-2-3-10-25-19)22(30)26-14-16-5-4-6-18(13-16)28-21(29)17-8-11-24-12-9-17/h2-13H,14H2,1H3,(H,26,30)(H,28,29). The number of carbonyl (C=O) groups excluding carboxylic acids is 2. The van der Waals surface area contributed by atoms with Crippen molar-refractivity contribution in [3.05, 3.63) is 94.9 Å². The molecular weight excluding hydrogens is 410 g/mol. The minimum Gasteiger partial charge on any atom is -0.347 e. The Kier molecular flexibility index (Phi) is 6.09. The van der Waals surface area contributed by atoms with Crippen LogP contribution < -0.4 is 10.6 Å². The summed E-state index contributed by atoms with van der Waals surface area (Å²) < 4.78 is 0. The van der Waals surface area contributed by atoms with Crippen molar-refractivity contribution in [2.24, 2.45) is 0 Å². The van der Waals surface area contributed by atoms with Crippen molar-refractivity contribution in [1.29, 1.82) is 0 Å². The first-order chi connectivity index (χ1) is 15.1. The molecule has 0 aliphatic carbocycles. The number of hydrogen-bond acceptors (Lipinski definition) is 6. The summed E-state index contributed by atoms with van der Waals surface area (Å²) in [5.74, 6) is -0.408. The van der Waals surface area contributed by atoms with Crippen LogP contribution in [0.5, 0.6) is 0 Å². The summed E-state index contributed by atoms with van der Waals surface area (Å²) in [4.78, 5) is 38.2. The molecule has 3 heterocycles. The molecule has 31 heavy (non-hydrogen) atoms. The zero-order chi connectivity index (χ0) is 21.6. The van der Waals surface area contributed by atoms with E-state index in [1.165, 1.54) is 11.3 Å². The van der Waals surface area contributed by atoms with Gasteiger partial charge in [0.05, 0.1) is 11.4 Å². The van der Waals surface area contributed by atoms with Crippen molar-refractivity contribution in [2.45, 2.75) is 13.5 Å². The van der Waals surface area contributed by atoms with Crippen molar-refractivity contribution >= 4 is 28.8 Å². The lowest BCUT2D eigenvalue weighted by Crippen LogP contribution is -2.22. The molecule has 4 aromatic rings. The van der Waals surface area contributed by atoms with Crippen molar-refractivity contribution in [3.8, 4) is 10.7 Å². The molecule has 0 saturated carbocycles. The van der Waals surface area contributed by atoms with Crippen LogP contribution in [-0.2, 0) is 6.54 Å². The van der Waals surface area contributed by atoms with Crippen LogP contribution in [0.4, 0.5) is 5.69 Å². The van der Waals surface area contributed by atoms with E-state index in [0.29, 0.717) is 33.4 Å². The fraction of sp³-hybridized carbons (Fsp3) is 0.0870. The van der Waals surface area contributed by atoms with Crippen molar-refractivity contribution in [2.75, 3.05) is 5.32 Å². The molecule has 0 fully saturated rings. The molecule has 2 amide bonds. The highest BCUT2D eigenvalue weighted by atomic mass is 32.1. The molecule has 0 aliphatic heterocycles. The number of nitrogens with zero attached hydrogens (tertiary/aromatic N) is 3. The molecule has 0 atom stereocenters. The summed E-state index contributed by atoms with van der Waals surface area (Å²) in [6.45, 7) is 2.14. The van der Waals surface area contributed by atoms with Crippen molar-refractivity contribution in [1.82, 2.24) is 20.3 Å². The molecule has 0 unspecified atom stereocenters. The third-order valence-corrected chi connectivity index (χ3v) is 5.65. The molecule has 8 heteroatoms. The van der Waals surface area contributed by atoms with Gasteiger partial charge in [-0.1, -0.05) is 18.2 Å². The molecule has 0 aliphatic rings. The van der Waals surface area contributed by atoms with Crippen LogP contribution in [0.3, 0.4) is 0 Å². The lowest BCUT2D eigenvalue weighted by Gasteiger charge is -2.08. The van der Waals surface area contributed by atoms with E-state index in [4.69, 9.17) is 0 Å². The van der Waals surface area contributed by atoms with Gasteiger partial charge in [-0.2, -0.15) is 0 Å². The minimum absolute atomic E-state index is 0.191. The van der Waals surface area contributed by atoms with Crippen LogP contribution in [0.15, 0.2) is 73.2 Å². The average molecular weight is 430 g/mol. The number of amides is 2. The molecule has 7 nitrogen and oxygen atoms in total. The highest BCUT2D eigenvalue weighted by Crippen LogP contribution is 2.26. The summed E-state index contributed by atoms with van der Waals surface area (Å²) in [6, 6.07) is 16.2. The van der Waals surface area contributed by atoms with E-state index in [-0.39, 0.29) is 11.8 Å². The summed E-state index contributed by atoms with van der Waals surface area (Å²) >= 11 is 1.32. The van der Waals surface area contributed by atoms with Gasteiger partial charge in [0.25, 0.3) is 11.8 Å². The van der Waals surface area contributed by atoms with E-state index in [9.17, 15) is 9.59 Å². The SMILES string of the molecule is Cc1nc(-c2ccccn2)sc1C(=O)NCc1cccc(NC(=O)c2ccncc2)c1. The van der Waals surface area contributed by atoms with Gasteiger partial charge < -0.3 is 10.6 Å². The van der Waals surface area contributed by atoms with Crippen LogP contribution in [-0.4, -0.2) is 26.8 Å². The zero-order valence-electron chi connectivity index (χ0n) is 16.7. The molecule has 3 aromatic heterocycles. The molecule has 1 aromatic carbocycles. The van der Waals surface area contributed by atoms with Crippen LogP contribution in [0.25, 0.3) is 10.7 Å². The first kappa shape index (κ1) is 20.4. The van der Waals surface area contributed by atoms with Gasteiger partial charge in [0.1, 0.15) is 9.88 Å². The zero-order valence-corrected chi connectivity index (χ0v) is 17.5. The number of anilines is 1. The maximum Gasteiger partial charge on any atom is 0.263 e. The van der Waals surface area contributed by atoms with Crippen LogP contribution in [0.1, 0.15) is 31.3 Å². The predicted octanol–water partition coefficient (Wildman–Crippen LogP) is 4.09. The summed E-state index contributed by atoms with van der Waals surface area (Å²) in [5.41, 5.74) is 3.46. The Bertz CT molecular complexity index is 1210. The van der Waals surface area contributed by atoms with Crippen LogP contribution >= 0.6 is 11.3 Å². The van der Waals surface area contributed by atoms with E-state index >= 15 is 0 Å². The van der Waals surface area contributed by atoms with Gasteiger partial charge >= 0.3 is 0 Å². The minimum atomic E-state index is -0.217. The molecule has 0 radical (unpaired) electrons.